The van der Waals surface area contributed by atoms with Crippen molar-refractivity contribution in [3.63, 3.8) is 0 Å². The van der Waals surface area contributed by atoms with E-state index in [1.807, 2.05) is 23.0 Å². The molecule has 0 bridgehead atoms. The summed E-state index contributed by atoms with van der Waals surface area (Å²) in [5.74, 6) is -0.0126. The summed E-state index contributed by atoms with van der Waals surface area (Å²) in [4.78, 5) is 12.9. The summed E-state index contributed by atoms with van der Waals surface area (Å²) in [6, 6.07) is 0. The number of halogens is 2. The Morgan fingerprint density at radius 2 is 1.95 bits per heavy atom. The summed E-state index contributed by atoms with van der Waals surface area (Å²) in [7, 11) is 0. The second-order valence-electron chi connectivity index (χ2n) is 6.60. The molecular weight excluding hydrogens is 498 g/mol. The molecule has 0 radical (unpaired) electrons. The second-order valence-corrected chi connectivity index (χ2v) is 9.34. The number of ketones is 1. The van der Waals surface area contributed by atoms with E-state index in [4.69, 9.17) is 12.5 Å². The molecule has 0 aromatic carbocycles. The van der Waals surface area contributed by atoms with Gasteiger partial charge in [0.05, 0.1) is 16.6 Å². The lowest BCUT2D eigenvalue weighted by atomic mass is 9.54. The van der Waals surface area contributed by atoms with Gasteiger partial charge < -0.3 is 12.5 Å². The Kier molecular flexibility index (Phi) is 4.38. The van der Waals surface area contributed by atoms with Gasteiger partial charge in [0, 0.05) is 17.4 Å². The predicted molar refractivity (Wildman–Crippen MR) is 95.3 cm³/mol. The minimum atomic E-state index is -0.515. The smallest absolute Gasteiger partial charge is 0.191 e. The molecule has 2 aliphatic carbocycles. The highest BCUT2D eigenvalue weighted by Gasteiger charge is 2.66. The van der Waals surface area contributed by atoms with Gasteiger partial charge in [-0.05, 0) is 32.1 Å². The van der Waals surface area contributed by atoms with E-state index in [1.54, 1.807) is 6.26 Å². The van der Waals surface area contributed by atoms with Gasteiger partial charge in [-0.25, -0.2) is 0 Å². The van der Waals surface area contributed by atoms with Crippen LogP contribution in [0.3, 0.4) is 0 Å². The lowest BCUT2D eigenvalue weighted by molar-refractivity contribution is -0.222. The third-order valence-corrected chi connectivity index (χ3v) is 7.42. The van der Waals surface area contributed by atoms with Crippen molar-refractivity contribution in [2.45, 2.75) is 48.7 Å². The van der Waals surface area contributed by atoms with Crippen LogP contribution in [0.5, 0.6) is 0 Å². The maximum atomic E-state index is 12.9. The standard InChI is InChI=1S/C15H20I2O4/c1-13-5-6-15(19-7-8-20-15)14(2,16)11(13)4-3-10(9-21-17)12(13)18/h9,11H,3-8H2,1-2H3/b10-9+. The van der Waals surface area contributed by atoms with E-state index >= 15 is 0 Å². The average molecular weight is 518 g/mol. The van der Waals surface area contributed by atoms with Crippen molar-refractivity contribution in [3.8, 4) is 0 Å². The molecule has 3 aliphatic rings. The van der Waals surface area contributed by atoms with E-state index in [0.717, 1.165) is 31.3 Å². The van der Waals surface area contributed by atoms with Crippen LogP contribution < -0.4 is 0 Å². The second kappa shape index (κ2) is 5.59. The number of rotatable bonds is 1. The molecule has 3 fully saturated rings. The summed E-state index contributed by atoms with van der Waals surface area (Å²) in [6.07, 6.45) is 4.96. The van der Waals surface area contributed by atoms with E-state index in [-0.39, 0.29) is 20.5 Å². The first-order valence-corrected chi connectivity index (χ1v) is 9.31. The molecular formula is C15H20I2O4. The Morgan fingerprint density at radius 1 is 1.29 bits per heavy atom. The van der Waals surface area contributed by atoms with Crippen LogP contribution in [0.4, 0.5) is 0 Å². The van der Waals surface area contributed by atoms with E-state index in [0.29, 0.717) is 13.2 Å². The van der Waals surface area contributed by atoms with Crippen LogP contribution in [0.1, 0.15) is 39.5 Å². The fourth-order valence-electron chi connectivity index (χ4n) is 4.40. The Bertz CT molecular complexity index is 482. The number of ether oxygens (including phenoxy) is 2. The van der Waals surface area contributed by atoms with Crippen molar-refractivity contribution >= 4 is 51.4 Å². The fraction of sp³-hybridized carbons (Fsp3) is 0.800. The number of hydrogen-bond donors (Lipinski definition) is 0. The number of hydrogen-bond acceptors (Lipinski definition) is 4. The first-order chi connectivity index (χ1) is 9.87. The van der Waals surface area contributed by atoms with E-state index in [9.17, 15) is 4.79 Å². The van der Waals surface area contributed by atoms with Crippen LogP contribution in [0, 0.1) is 11.3 Å². The first-order valence-electron chi connectivity index (χ1n) is 7.35. The molecule has 0 aromatic rings. The van der Waals surface area contributed by atoms with Crippen LogP contribution in [-0.4, -0.2) is 28.2 Å². The lowest BCUT2D eigenvalue weighted by Crippen LogP contribution is -2.64. The van der Waals surface area contributed by atoms with Crippen molar-refractivity contribution in [2.75, 3.05) is 13.2 Å². The zero-order valence-electron chi connectivity index (χ0n) is 12.3. The third kappa shape index (κ3) is 2.30. The number of carbonyl (C=O) groups is 1. The zero-order chi connectivity index (χ0) is 15.3. The van der Waals surface area contributed by atoms with Gasteiger partial charge in [-0.2, -0.15) is 0 Å². The maximum absolute atomic E-state index is 12.9. The van der Waals surface area contributed by atoms with Gasteiger partial charge in [-0.15, -0.1) is 0 Å². The summed E-state index contributed by atoms with van der Waals surface area (Å²) < 4.78 is 16.9. The normalized spacial score (nSPS) is 44.1. The molecule has 2 saturated carbocycles. The molecule has 0 N–H and O–H groups in total. The molecule has 6 heteroatoms. The predicted octanol–water partition coefficient (Wildman–Crippen LogP) is 3.95. The van der Waals surface area contributed by atoms with Crippen LogP contribution in [-0.2, 0) is 17.3 Å². The minimum Gasteiger partial charge on any atom is -0.435 e. The van der Waals surface area contributed by atoms with Crippen molar-refractivity contribution in [1.29, 1.82) is 0 Å². The van der Waals surface area contributed by atoms with Crippen LogP contribution in [0.25, 0.3) is 0 Å². The molecule has 0 aromatic heterocycles. The maximum Gasteiger partial charge on any atom is 0.191 e. The molecule has 3 atom stereocenters. The molecule has 21 heavy (non-hydrogen) atoms. The zero-order valence-corrected chi connectivity index (χ0v) is 16.6. The van der Waals surface area contributed by atoms with Crippen molar-refractivity contribution < 1.29 is 17.3 Å². The van der Waals surface area contributed by atoms with Gasteiger partial charge in [0.1, 0.15) is 6.26 Å². The molecule has 3 rings (SSSR count). The highest BCUT2D eigenvalue weighted by molar-refractivity contribution is 14.1. The summed E-state index contributed by atoms with van der Waals surface area (Å²) in [5, 5.41) is 0. The van der Waals surface area contributed by atoms with Crippen LogP contribution in [0.2, 0.25) is 0 Å². The molecule has 118 valence electrons. The monoisotopic (exact) mass is 518 g/mol. The van der Waals surface area contributed by atoms with Crippen molar-refractivity contribution in [2.24, 2.45) is 11.3 Å². The Hall–Kier alpha value is 0.590. The largest absolute Gasteiger partial charge is 0.435 e. The third-order valence-electron chi connectivity index (χ3n) is 5.60. The molecule has 1 saturated heterocycles. The lowest BCUT2D eigenvalue weighted by Gasteiger charge is -2.57. The van der Waals surface area contributed by atoms with Crippen LogP contribution >= 0.6 is 45.6 Å². The van der Waals surface area contributed by atoms with E-state index in [2.05, 4.69) is 36.4 Å². The average Bonchev–Trinajstić information content (AvgIpc) is 2.91. The summed E-state index contributed by atoms with van der Waals surface area (Å²) in [6.45, 7) is 5.62. The number of Topliss-reactive ketones (excluding diaryl/α,β-unsaturated/α-hetero) is 1. The number of allylic oxidation sites excluding steroid dienone is 1. The number of carbonyl (C=O) groups excluding carboxylic acids is 1. The molecule has 1 heterocycles. The van der Waals surface area contributed by atoms with Crippen molar-refractivity contribution in [3.05, 3.63) is 11.8 Å². The number of alkyl halides is 1. The molecule has 3 unspecified atom stereocenters. The topological polar surface area (TPSA) is 44.8 Å². The summed E-state index contributed by atoms with van der Waals surface area (Å²) in [5.41, 5.74) is 0.481. The first kappa shape index (κ1) is 16.4. The SMILES string of the molecule is CC12CCC3(OCCO3)C(C)(I)C1CC/C(=C\OI)C2=O. The molecule has 1 spiro atoms. The number of fused-ring (bicyclic) bond motifs is 1. The highest BCUT2D eigenvalue weighted by Crippen LogP contribution is 2.62. The Morgan fingerprint density at radius 3 is 2.57 bits per heavy atom. The molecule has 1 aliphatic heterocycles. The minimum absolute atomic E-state index is 0.194. The molecule has 4 nitrogen and oxygen atoms in total. The fourth-order valence-corrected chi connectivity index (χ4v) is 6.28. The van der Waals surface area contributed by atoms with Gasteiger partial charge in [-0.1, -0.05) is 29.5 Å². The van der Waals surface area contributed by atoms with Gasteiger partial charge in [0.2, 0.25) is 0 Å². The van der Waals surface area contributed by atoms with Crippen molar-refractivity contribution in [1.82, 2.24) is 0 Å². The Labute approximate surface area is 153 Å². The summed E-state index contributed by atoms with van der Waals surface area (Å²) >= 11 is 4.29. The van der Waals surface area contributed by atoms with E-state index < -0.39 is 5.79 Å². The van der Waals surface area contributed by atoms with Gasteiger partial charge >= 0.3 is 0 Å². The van der Waals surface area contributed by atoms with Crippen LogP contribution in [0.15, 0.2) is 11.8 Å². The van der Waals surface area contributed by atoms with Gasteiger partial charge in [0.15, 0.2) is 34.6 Å². The van der Waals surface area contributed by atoms with Gasteiger partial charge in [-0.3, -0.25) is 4.79 Å². The quantitative estimate of drug-likeness (QED) is 0.229. The van der Waals surface area contributed by atoms with Gasteiger partial charge in [0.25, 0.3) is 0 Å². The van der Waals surface area contributed by atoms with E-state index in [1.165, 1.54) is 0 Å². The highest BCUT2D eigenvalue weighted by atomic mass is 127. The Balaban J connectivity index is 1.97. The molecule has 0 amide bonds.